The Bertz CT molecular complexity index is 797. The number of H-pyrrole nitrogens is 1. The van der Waals surface area contributed by atoms with E-state index in [0.29, 0.717) is 16.3 Å². The van der Waals surface area contributed by atoms with Gasteiger partial charge in [0.15, 0.2) is 0 Å². The highest BCUT2D eigenvalue weighted by Crippen LogP contribution is 2.27. The van der Waals surface area contributed by atoms with Crippen molar-refractivity contribution < 1.29 is 4.79 Å². The summed E-state index contributed by atoms with van der Waals surface area (Å²) in [7, 11) is 0. The number of rotatable bonds is 2. The first-order valence-electron chi connectivity index (χ1n) is 5.97. The number of aromatic amines is 1. The molecule has 0 aliphatic rings. The van der Waals surface area contributed by atoms with Crippen LogP contribution >= 0.6 is 27.5 Å². The van der Waals surface area contributed by atoms with Crippen LogP contribution in [0.3, 0.4) is 0 Å². The summed E-state index contributed by atoms with van der Waals surface area (Å²) < 4.78 is 0.787. The lowest BCUT2D eigenvalue weighted by molar-refractivity contribution is 0.102. The molecule has 3 rings (SSSR count). The van der Waals surface area contributed by atoms with Gasteiger partial charge in [0.05, 0.1) is 11.3 Å². The van der Waals surface area contributed by atoms with Crippen molar-refractivity contribution in [1.29, 1.82) is 0 Å². The van der Waals surface area contributed by atoms with E-state index in [4.69, 9.17) is 11.6 Å². The predicted molar refractivity (Wildman–Crippen MR) is 85.4 cm³/mol. The average Bonchev–Trinajstić information content (AvgIpc) is 2.87. The molecule has 0 aliphatic heterocycles. The fourth-order valence-corrected chi connectivity index (χ4v) is 2.56. The van der Waals surface area contributed by atoms with Gasteiger partial charge in [0, 0.05) is 26.6 Å². The average molecular weight is 350 g/mol. The molecule has 1 amide bonds. The molecule has 0 radical (unpaired) electrons. The van der Waals surface area contributed by atoms with E-state index >= 15 is 0 Å². The third-order valence-electron chi connectivity index (χ3n) is 3.01. The van der Waals surface area contributed by atoms with Gasteiger partial charge in [-0.05, 0) is 40.2 Å². The molecule has 1 aromatic heterocycles. The Balaban J connectivity index is 1.95. The number of benzene rings is 2. The number of hydrogen-bond acceptors (Lipinski definition) is 1. The molecule has 5 heteroatoms. The molecule has 0 aliphatic carbocycles. The molecule has 0 spiro atoms. The van der Waals surface area contributed by atoms with Crippen LogP contribution in [0.15, 0.2) is 53.1 Å². The molecule has 0 fully saturated rings. The van der Waals surface area contributed by atoms with E-state index in [0.717, 1.165) is 15.4 Å². The van der Waals surface area contributed by atoms with Gasteiger partial charge in [-0.2, -0.15) is 0 Å². The Morgan fingerprint density at radius 1 is 1.20 bits per heavy atom. The van der Waals surface area contributed by atoms with Gasteiger partial charge in [-0.3, -0.25) is 4.79 Å². The number of carbonyl (C=O) groups excluding carboxylic acids is 1. The maximum atomic E-state index is 12.4. The summed E-state index contributed by atoms with van der Waals surface area (Å²) in [5.74, 6) is -0.176. The molecule has 20 heavy (non-hydrogen) atoms. The van der Waals surface area contributed by atoms with Crippen LogP contribution in [0.25, 0.3) is 10.9 Å². The maximum absolute atomic E-state index is 12.4. The number of hydrogen-bond donors (Lipinski definition) is 2. The summed E-state index contributed by atoms with van der Waals surface area (Å²) in [6.45, 7) is 0. The van der Waals surface area contributed by atoms with E-state index in [-0.39, 0.29) is 5.91 Å². The minimum absolute atomic E-state index is 0.176. The quantitative estimate of drug-likeness (QED) is 0.683. The molecule has 0 atom stereocenters. The number of para-hydroxylation sites is 1. The standard InChI is InChI=1S/C15H10BrClN2O/c16-12-6-5-9(17)7-14(12)19-15(20)11-8-18-13-4-2-1-3-10(11)13/h1-8,18H,(H,19,20). The smallest absolute Gasteiger partial charge is 0.257 e. The summed E-state index contributed by atoms with van der Waals surface area (Å²) in [6.07, 6.45) is 1.71. The Labute approximate surface area is 129 Å². The van der Waals surface area contributed by atoms with E-state index < -0.39 is 0 Å². The lowest BCUT2D eigenvalue weighted by atomic mass is 10.1. The minimum atomic E-state index is -0.176. The van der Waals surface area contributed by atoms with Crippen molar-refractivity contribution in [3.05, 3.63) is 63.7 Å². The second kappa shape index (κ2) is 5.31. The third kappa shape index (κ3) is 2.44. The summed E-state index contributed by atoms with van der Waals surface area (Å²) >= 11 is 9.33. The predicted octanol–water partition coefficient (Wildman–Crippen LogP) is 4.84. The van der Waals surface area contributed by atoms with Crippen molar-refractivity contribution in [2.24, 2.45) is 0 Å². The lowest BCUT2D eigenvalue weighted by Gasteiger charge is -2.07. The van der Waals surface area contributed by atoms with Crippen molar-refractivity contribution in [1.82, 2.24) is 4.98 Å². The van der Waals surface area contributed by atoms with Crippen LogP contribution in [0.4, 0.5) is 5.69 Å². The fraction of sp³-hybridized carbons (Fsp3) is 0. The Morgan fingerprint density at radius 3 is 2.85 bits per heavy atom. The van der Waals surface area contributed by atoms with E-state index in [1.807, 2.05) is 24.3 Å². The van der Waals surface area contributed by atoms with Gasteiger partial charge in [-0.15, -0.1) is 0 Å². The van der Waals surface area contributed by atoms with Crippen LogP contribution in [0, 0.1) is 0 Å². The number of carbonyl (C=O) groups is 1. The summed E-state index contributed by atoms with van der Waals surface area (Å²) in [5, 5.41) is 4.32. The summed E-state index contributed by atoms with van der Waals surface area (Å²) in [5.41, 5.74) is 2.18. The number of fused-ring (bicyclic) bond motifs is 1. The lowest BCUT2D eigenvalue weighted by Crippen LogP contribution is -2.11. The molecule has 3 aromatic rings. The second-order valence-corrected chi connectivity index (χ2v) is 5.62. The number of amides is 1. The first-order valence-corrected chi connectivity index (χ1v) is 7.15. The SMILES string of the molecule is O=C(Nc1cc(Cl)ccc1Br)c1c[nH]c2ccccc12. The van der Waals surface area contributed by atoms with E-state index in [1.54, 1.807) is 24.4 Å². The summed E-state index contributed by atoms with van der Waals surface area (Å²) in [6, 6.07) is 12.9. The van der Waals surface area contributed by atoms with Gasteiger partial charge in [0.1, 0.15) is 0 Å². The normalized spacial score (nSPS) is 10.7. The molecule has 1 heterocycles. The zero-order valence-electron chi connectivity index (χ0n) is 10.3. The van der Waals surface area contributed by atoms with Crippen LogP contribution in [0.5, 0.6) is 0 Å². The van der Waals surface area contributed by atoms with Crippen LogP contribution < -0.4 is 5.32 Å². The van der Waals surface area contributed by atoms with Crippen molar-refractivity contribution in [2.75, 3.05) is 5.32 Å². The molecule has 3 nitrogen and oxygen atoms in total. The Kier molecular flexibility index (Phi) is 3.51. The van der Waals surface area contributed by atoms with Crippen molar-refractivity contribution in [3.63, 3.8) is 0 Å². The van der Waals surface area contributed by atoms with Gasteiger partial charge in [0.2, 0.25) is 0 Å². The number of aromatic nitrogens is 1. The number of halogens is 2. The third-order valence-corrected chi connectivity index (χ3v) is 3.94. The highest BCUT2D eigenvalue weighted by atomic mass is 79.9. The van der Waals surface area contributed by atoms with Crippen LogP contribution in [0.1, 0.15) is 10.4 Å². The van der Waals surface area contributed by atoms with E-state index in [9.17, 15) is 4.79 Å². The minimum Gasteiger partial charge on any atom is -0.360 e. The maximum Gasteiger partial charge on any atom is 0.257 e. The van der Waals surface area contributed by atoms with Crippen LogP contribution in [-0.4, -0.2) is 10.9 Å². The first kappa shape index (κ1) is 13.2. The van der Waals surface area contributed by atoms with Gasteiger partial charge in [0.25, 0.3) is 5.91 Å². The molecule has 100 valence electrons. The van der Waals surface area contributed by atoms with Crippen molar-refractivity contribution >= 4 is 50.0 Å². The number of nitrogens with one attached hydrogen (secondary N) is 2. The Morgan fingerprint density at radius 2 is 2.00 bits per heavy atom. The van der Waals surface area contributed by atoms with Gasteiger partial charge in [-0.1, -0.05) is 29.8 Å². The van der Waals surface area contributed by atoms with Gasteiger partial charge >= 0.3 is 0 Å². The van der Waals surface area contributed by atoms with Gasteiger partial charge in [-0.25, -0.2) is 0 Å². The zero-order chi connectivity index (χ0) is 14.1. The molecular weight excluding hydrogens is 340 g/mol. The topological polar surface area (TPSA) is 44.9 Å². The van der Waals surface area contributed by atoms with Crippen molar-refractivity contribution in [2.45, 2.75) is 0 Å². The van der Waals surface area contributed by atoms with Gasteiger partial charge < -0.3 is 10.3 Å². The van der Waals surface area contributed by atoms with Crippen molar-refractivity contribution in [3.8, 4) is 0 Å². The monoisotopic (exact) mass is 348 g/mol. The molecule has 2 N–H and O–H groups in total. The van der Waals surface area contributed by atoms with E-state index in [1.165, 1.54) is 0 Å². The Hall–Kier alpha value is -1.78. The van der Waals surface area contributed by atoms with Crippen LogP contribution in [-0.2, 0) is 0 Å². The highest BCUT2D eigenvalue weighted by molar-refractivity contribution is 9.10. The molecule has 2 aromatic carbocycles. The molecule has 0 unspecified atom stereocenters. The molecule has 0 saturated heterocycles. The molecular formula is C15H10BrClN2O. The summed E-state index contributed by atoms with van der Waals surface area (Å²) in [4.78, 5) is 15.4. The fourth-order valence-electron chi connectivity index (χ4n) is 2.04. The second-order valence-electron chi connectivity index (χ2n) is 4.33. The zero-order valence-corrected chi connectivity index (χ0v) is 12.6. The largest absolute Gasteiger partial charge is 0.360 e. The molecule has 0 bridgehead atoms. The van der Waals surface area contributed by atoms with E-state index in [2.05, 4.69) is 26.2 Å². The number of anilines is 1. The highest BCUT2D eigenvalue weighted by Gasteiger charge is 2.13. The first-order chi connectivity index (χ1) is 9.65. The van der Waals surface area contributed by atoms with Crippen LogP contribution in [0.2, 0.25) is 5.02 Å². The molecule has 0 saturated carbocycles.